The number of aromatic nitrogens is 1. The number of pyridine rings is 1. The van der Waals surface area contributed by atoms with Crippen molar-refractivity contribution in [2.45, 2.75) is 52.3 Å². The molecule has 1 aliphatic heterocycles. The van der Waals surface area contributed by atoms with Crippen LogP contribution in [0.3, 0.4) is 0 Å². The first-order valence-corrected chi connectivity index (χ1v) is 12.3. The number of aliphatic hydroxyl groups is 1. The summed E-state index contributed by atoms with van der Waals surface area (Å²) in [7, 11) is 1.71. The molecule has 192 valence electrons. The Morgan fingerprint density at radius 1 is 1.31 bits per heavy atom. The molecule has 1 aromatic heterocycles. The predicted octanol–water partition coefficient (Wildman–Crippen LogP) is 2.95. The SMILES string of the molecule is CC(C)NC(=O)N(C)C[C@@H]1Oc2ncc(C#CCc3ccccc3)cc2C(=O)N([C@@H](C)CO)C[C@H]1C. The Morgan fingerprint density at radius 3 is 2.69 bits per heavy atom. The maximum absolute atomic E-state index is 13.5. The van der Waals surface area contributed by atoms with Gasteiger partial charge in [0, 0.05) is 43.7 Å². The predicted molar refractivity (Wildman–Crippen MR) is 139 cm³/mol. The molecule has 2 aromatic rings. The maximum Gasteiger partial charge on any atom is 0.317 e. The van der Waals surface area contributed by atoms with Gasteiger partial charge in [0.2, 0.25) is 5.88 Å². The van der Waals surface area contributed by atoms with Crippen LogP contribution in [0.4, 0.5) is 4.79 Å². The summed E-state index contributed by atoms with van der Waals surface area (Å²) >= 11 is 0. The zero-order valence-electron chi connectivity index (χ0n) is 21.7. The quantitative estimate of drug-likeness (QED) is 0.605. The van der Waals surface area contributed by atoms with Crippen molar-refractivity contribution in [3.8, 4) is 17.7 Å². The van der Waals surface area contributed by atoms with Crippen LogP contribution in [0, 0.1) is 17.8 Å². The molecule has 0 saturated heterocycles. The largest absolute Gasteiger partial charge is 0.472 e. The lowest BCUT2D eigenvalue weighted by molar-refractivity contribution is 0.0351. The number of benzene rings is 1. The van der Waals surface area contributed by atoms with Crippen LogP contribution in [0.1, 0.15) is 49.2 Å². The van der Waals surface area contributed by atoms with E-state index in [9.17, 15) is 14.7 Å². The van der Waals surface area contributed by atoms with Crippen molar-refractivity contribution in [1.29, 1.82) is 0 Å². The molecule has 8 heteroatoms. The van der Waals surface area contributed by atoms with Crippen molar-refractivity contribution < 1.29 is 19.4 Å². The van der Waals surface area contributed by atoms with Gasteiger partial charge in [0.25, 0.3) is 5.91 Å². The molecule has 0 unspecified atom stereocenters. The molecule has 3 atom stereocenters. The second kappa shape index (κ2) is 12.4. The summed E-state index contributed by atoms with van der Waals surface area (Å²) < 4.78 is 6.24. The summed E-state index contributed by atoms with van der Waals surface area (Å²) in [6, 6.07) is 11.1. The number of nitrogens with one attached hydrogen (secondary N) is 1. The van der Waals surface area contributed by atoms with Crippen molar-refractivity contribution >= 4 is 11.9 Å². The molecular weight excluding hydrogens is 456 g/mol. The third-order valence-corrected chi connectivity index (χ3v) is 6.10. The smallest absolute Gasteiger partial charge is 0.317 e. The lowest BCUT2D eigenvalue weighted by atomic mass is 10.00. The van der Waals surface area contributed by atoms with Gasteiger partial charge in [-0.25, -0.2) is 9.78 Å². The maximum atomic E-state index is 13.5. The Balaban J connectivity index is 1.90. The van der Waals surface area contributed by atoms with Gasteiger partial charge in [0.15, 0.2) is 0 Å². The fourth-order valence-electron chi connectivity index (χ4n) is 3.94. The van der Waals surface area contributed by atoms with Crippen LogP contribution >= 0.6 is 0 Å². The number of carbonyl (C=O) groups is 2. The minimum atomic E-state index is -0.407. The lowest BCUT2D eigenvalue weighted by Crippen LogP contribution is -2.51. The number of ether oxygens (including phenoxy) is 1. The molecule has 0 radical (unpaired) electrons. The molecule has 3 rings (SSSR count). The second-order valence-corrected chi connectivity index (χ2v) is 9.65. The van der Waals surface area contributed by atoms with E-state index >= 15 is 0 Å². The molecule has 3 amide bonds. The molecule has 0 saturated carbocycles. The van der Waals surface area contributed by atoms with Crippen LogP contribution < -0.4 is 10.1 Å². The van der Waals surface area contributed by atoms with Crippen molar-refractivity contribution in [1.82, 2.24) is 20.1 Å². The topological polar surface area (TPSA) is 95.0 Å². The van der Waals surface area contributed by atoms with Crippen molar-refractivity contribution in [3.63, 3.8) is 0 Å². The van der Waals surface area contributed by atoms with E-state index in [0.29, 0.717) is 30.6 Å². The van der Waals surface area contributed by atoms with Gasteiger partial charge >= 0.3 is 6.03 Å². The highest BCUT2D eigenvalue weighted by Gasteiger charge is 2.34. The number of likely N-dealkylation sites (N-methyl/N-ethyl adjacent to an activating group) is 1. The van der Waals surface area contributed by atoms with Crippen molar-refractivity contribution in [2.24, 2.45) is 5.92 Å². The average Bonchev–Trinajstić information content (AvgIpc) is 2.86. The Hall–Kier alpha value is -3.57. The number of amides is 3. The normalized spacial score (nSPS) is 18.2. The Bertz CT molecular complexity index is 1110. The van der Waals surface area contributed by atoms with Crippen LogP contribution in [-0.4, -0.2) is 76.8 Å². The molecule has 0 fully saturated rings. The summed E-state index contributed by atoms with van der Waals surface area (Å²) in [6.07, 6.45) is 1.78. The van der Waals surface area contributed by atoms with Gasteiger partial charge < -0.3 is 25.0 Å². The summed E-state index contributed by atoms with van der Waals surface area (Å²) in [6.45, 7) is 8.10. The van der Waals surface area contributed by atoms with Gasteiger partial charge in [0.1, 0.15) is 11.7 Å². The van der Waals surface area contributed by atoms with Crippen LogP contribution in [0.5, 0.6) is 5.88 Å². The molecule has 36 heavy (non-hydrogen) atoms. The van der Waals surface area contributed by atoms with Crippen LogP contribution in [-0.2, 0) is 6.42 Å². The second-order valence-electron chi connectivity index (χ2n) is 9.65. The third-order valence-electron chi connectivity index (χ3n) is 6.10. The van der Waals surface area contributed by atoms with Gasteiger partial charge in [-0.05, 0) is 32.4 Å². The van der Waals surface area contributed by atoms with E-state index in [4.69, 9.17) is 4.74 Å². The monoisotopic (exact) mass is 492 g/mol. The van der Waals surface area contributed by atoms with Crippen LogP contribution in [0.2, 0.25) is 0 Å². The van der Waals surface area contributed by atoms with E-state index in [1.165, 1.54) is 0 Å². The van der Waals surface area contributed by atoms with E-state index in [-0.39, 0.29) is 42.4 Å². The van der Waals surface area contributed by atoms with E-state index in [1.807, 2.05) is 51.1 Å². The molecule has 0 spiro atoms. The summed E-state index contributed by atoms with van der Waals surface area (Å²) in [5.41, 5.74) is 2.01. The van der Waals surface area contributed by atoms with Gasteiger partial charge in [-0.1, -0.05) is 49.1 Å². The van der Waals surface area contributed by atoms with E-state index in [0.717, 1.165) is 5.56 Å². The van der Waals surface area contributed by atoms with E-state index < -0.39 is 6.10 Å². The highest BCUT2D eigenvalue weighted by Crippen LogP contribution is 2.27. The molecule has 8 nitrogen and oxygen atoms in total. The lowest BCUT2D eigenvalue weighted by Gasteiger charge is -2.37. The number of rotatable bonds is 6. The summed E-state index contributed by atoms with van der Waals surface area (Å²) in [4.78, 5) is 33.7. The average molecular weight is 493 g/mol. The highest BCUT2D eigenvalue weighted by atomic mass is 16.5. The first kappa shape index (κ1) is 27.0. The van der Waals surface area contributed by atoms with E-state index in [1.54, 1.807) is 36.0 Å². The van der Waals surface area contributed by atoms with Gasteiger partial charge in [-0.15, -0.1) is 0 Å². The number of urea groups is 1. The minimum Gasteiger partial charge on any atom is -0.472 e. The first-order chi connectivity index (χ1) is 17.2. The first-order valence-electron chi connectivity index (χ1n) is 12.3. The molecular formula is C28H36N4O4. The molecule has 2 heterocycles. The number of fused-ring (bicyclic) bond motifs is 1. The van der Waals surface area contributed by atoms with Gasteiger partial charge in [0.05, 0.1) is 19.2 Å². The molecule has 1 aliphatic rings. The van der Waals surface area contributed by atoms with Gasteiger partial charge in [-0.3, -0.25) is 4.79 Å². The number of hydrogen-bond donors (Lipinski definition) is 2. The van der Waals surface area contributed by atoms with Crippen LogP contribution in [0.15, 0.2) is 42.6 Å². The molecule has 2 N–H and O–H groups in total. The third kappa shape index (κ3) is 6.98. The van der Waals surface area contributed by atoms with Crippen molar-refractivity contribution in [2.75, 3.05) is 26.7 Å². The Kier molecular flexibility index (Phi) is 9.31. The number of aliphatic hydroxyl groups excluding tert-OH is 1. The Labute approximate surface area is 213 Å². The highest BCUT2D eigenvalue weighted by molar-refractivity contribution is 5.97. The summed E-state index contributed by atoms with van der Waals surface area (Å²) in [5.74, 6) is 6.06. The molecule has 0 aliphatic carbocycles. The summed E-state index contributed by atoms with van der Waals surface area (Å²) in [5, 5.41) is 12.7. The zero-order valence-corrected chi connectivity index (χ0v) is 21.7. The van der Waals surface area contributed by atoms with Gasteiger partial charge in [-0.2, -0.15) is 0 Å². The minimum absolute atomic E-state index is 0.0120. The fourth-order valence-corrected chi connectivity index (χ4v) is 3.94. The van der Waals surface area contributed by atoms with Crippen molar-refractivity contribution in [3.05, 3.63) is 59.3 Å². The van der Waals surface area contributed by atoms with Crippen LogP contribution in [0.25, 0.3) is 0 Å². The zero-order chi connectivity index (χ0) is 26.2. The fraction of sp³-hybridized carbons (Fsp3) is 0.464. The molecule has 0 bridgehead atoms. The number of carbonyl (C=O) groups excluding carboxylic acids is 2. The number of hydrogen-bond acceptors (Lipinski definition) is 5. The Morgan fingerprint density at radius 2 is 2.03 bits per heavy atom. The standard InChI is InChI=1S/C28H36N4O4/c1-19(2)30-28(35)31(5)17-25-20(3)16-32(21(4)18-33)27(34)24-14-23(15-29-26(24)36-25)13-9-12-22-10-7-6-8-11-22/h6-8,10-11,14-15,19-21,25,33H,12,16-18H2,1-5H3,(H,30,35)/t20-,21+,25+/m1/s1. The molecule has 1 aromatic carbocycles. The van der Waals surface area contributed by atoms with E-state index in [2.05, 4.69) is 22.1 Å². The number of nitrogens with zero attached hydrogens (tertiary/aromatic N) is 3.